The zero-order chi connectivity index (χ0) is 16.9. The van der Waals surface area contributed by atoms with Gasteiger partial charge in [0.15, 0.2) is 0 Å². The second kappa shape index (κ2) is 7.77. The third-order valence-corrected chi connectivity index (χ3v) is 4.48. The predicted molar refractivity (Wildman–Crippen MR) is 93.7 cm³/mol. The predicted octanol–water partition coefficient (Wildman–Crippen LogP) is 1.78. The molecule has 6 nitrogen and oxygen atoms in total. The quantitative estimate of drug-likeness (QED) is 0.877. The summed E-state index contributed by atoms with van der Waals surface area (Å²) in [5.41, 5.74) is 2.26. The molecule has 1 aromatic heterocycles. The van der Waals surface area contributed by atoms with Crippen LogP contribution in [0.1, 0.15) is 26.1 Å². The van der Waals surface area contributed by atoms with Crippen LogP contribution in [0.3, 0.4) is 0 Å². The minimum Gasteiger partial charge on any atom is -0.375 e. The maximum atomic E-state index is 11.0. The van der Waals surface area contributed by atoms with Gasteiger partial charge in [0.1, 0.15) is 5.82 Å². The van der Waals surface area contributed by atoms with Crippen molar-refractivity contribution in [3.63, 3.8) is 0 Å². The van der Waals surface area contributed by atoms with Gasteiger partial charge in [0, 0.05) is 33.1 Å². The van der Waals surface area contributed by atoms with Crippen molar-refractivity contribution in [3.05, 3.63) is 30.1 Å². The van der Waals surface area contributed by atoms with Gasteiger partial charge in [-0.3, -0.25) is 9.69 Å². The molecule has 1 aliphatic rings. The Morgan fingerprint density at radius 3 is 3.04 bits per heavy atom. The van der Waals surface area contributed by atoms with Crippen molar-refractivity contribution < 1.29 is 9.53 Å². The Labute approximate surface area is 142 Å². The van der Waals surface area contributed by atoms with E-state index in [1.54, 1.807) is 6.92 Å². The van der Waals surface area contributed by atoms with E-state index in [1.807, 2.05) is 6.07 Å². The lowest BCUT2D eigenvalue weighted by atomic mass is 10.2. The van der Waals surface area contributed by atoms with Crippen LogP contribution in [0.2, 0.25) is 0 Å². The highest BCUT2D eigenvalue weighted by molar-refractivity contribution is 5.75. The highest BCUT2D eigenvalue weighted by Gasteiger charge is 2.22. The van der Waals surface area contributed by atoms with E-state index in [4.69, 9.17) is 9.72 Å². The lowest BCUT2D eigenvalue weighted by Crippen LogP contribution is -2.43. The molecule has 0 saturated carbocycles. The number of nitrogens with zero attached hydrogens (tertiary/aromatic N) is 3. The summed E-state index contributed by atoms with van der Waals surface area (Å²) in [6.07, 6.45) is 1.02. The third-order valence-electron chi connectivity index (χ3n) is 4.48. The van der Waals surface area contributed by atoms with E-state index in [2.05, 4.69) is 39.9 Å². The fourth-order valence-corrected chi connectivity index (χ4v) is 3.31. The lowest BCUT2D eigenvalue weighted by Gasteiger charge is -2.32. The minimum atomic E-state index is 0.0133. The van der Waals surface area contributed by atoms with Gasteiger partial charge in [0.2, 0.25) is 5.91 Å². The zero-order valence-electron chi connectivity index (χ0n) is 14.5. The van der Waals surface area contributed by atoms with E-state index < -0.39 is 0 Å². The minimum absolute atomic E-state index is 0.0133. The van der Waals surface area contributed by atoms with E-state index in [9.17, 15) is 4.79 Å². The third kappa shape index (κ3) is 3.94. The van der Waals surface area contributed by atoms with E-state index >= 15 is 0 Å². The number of rotatable bonds is 6. The number of carbonyl (C=O) groups is 1. The molecule has 1 N–H and O–H groups in total. The fraction of sp³-hybridized carbons (Fsp3) is 0.556. The Hall–Kier alpha value is -1.92. The van der Waals surface area contributed by atoms with Crippen LogP contribution in [-0.2, 0) is 22.6 Å². The number of fused-ring (bicyclic) bond motifs is 1. The molecule has 24 heavy (non-hydrogen) atoms. The van der Waals surface area contributed by atoms with Gasteiger partial charge in [-0.1, -0.05) is 12.1 Å². The van der Waals surface area contributed by atoms with Crippen molar-refractivity contribution in [2.45, 2.75) is 39.5 Å². The monoisotopic (exact) mass is 330 g/mol. The van der Waals surface area contributed by atoms with Crippen LogP contribution in [0.4, 0.5) is 0 Å². The van der Waals surface area contributed by atoms with Gasteiger partial charge in [-0.2, -0.15) is 0 Å². The summed E-state index contributed by atoms with van der Waals surface area (Å²) in [6.45, 7) is 8.67. The number of imidazole rings is 1. The Bertz CT molecular complexity index is 697. The first-order valence-electron chi connectivity index (χ1n) is 8.70. The number of carbonyl (C=O) groups excluding carboxylic acids is 1. The van der Waals surface area contributed by atoms with Crippen LogP contribution in [0.5, 0.6) is 0 Å². The highest BCUT2D eigenvalue weighted by atomic mass is 16.5. The maximum absolute atomic E-state index is 11.0. The molecule has 3 rings (SSSR count). The molecule has 6 heteroatoms. The molecule has 0 radical (unpaired) electrons. The van der Waals surface area contributed by atoms with Crippen LogP contribution in [0.15, 0.2) is 24.3 Å². The van der Waals surface area contributed by atoms with Crippen LogP contribution in [0, 0.1) is 0 Å². The molecule has 0 bridgehead atoms. The largest absolute Gasteiger partial charge is 0.375 e. The maximum Gasteiger partial charge on any atom is 0.216 e. The molecule has 0 unspecified atom stereocenters. The summed E-state index contributed by atoms with van der Waals surface area (Å²) in [5.74, 6) is 1.13. The van der Waals surface area contributed by atoms with Crippen molar-refractivity contribution >= 4 is 16.9 Å². The van der Waals surface area contributed by atoms with Crippen molar-refractivity contribution in [1.82, 2.24) is 19.8 Å². The van der Waals surface area contributed by atoms with E-state index in [0.29, 0.717) is 6.54 Å². The number of hydrogen-bond donors (Lipinski definition) is 1. The standard InChI is InChI=1S/C18H26N4O2/c1-3-22-17-7-5-4-6-16(17)20-18(22)13-21-10-11-24-15(12-21)8-9-19-14(2)23/h4-7,15H,3,8-13H2,1-2H3,(H,19,23)/t15-/m1/s1. The molecule has 2 heterocycles. The smallest absolute Gasteiger partial charge is 0.216 e. The Kier molecular flexibility index (Phi) is 5.48. The lowest BCUT2D eigenvalue weighted by molar-refractivity contribution is -0.119. The molecule has 0 spiro atoms. The van der Waals surface area contributed by atoms with Crippen LogP contribution >= 0.6 is 0 Å². The van der Waals surface area contributed by atoms with Crippen LogP contribution < -0.4 is 5.32 Å². The van der Waals surface area contributed by atoms with Crippen LogP contribution in [-0.4, -0.2) is 52.7 Å². The second-order valence-electron chi connectivity index (χ2n) is 6.26. The first kappa shape index (κ1) is 16.9. The van der Waals surface area contributed by atoms with Gasteiger partial charge in [-0.05, 0) is 25.5 Å². The Morgan fingerprint density at radius 2 is 2.25 bits per heavy atom. The van der Waals surface area contributed by atoms with Crippen LogP contribution in [0.25, 0.3) is 11.0 Å². The molecular weight excluding hydrogens is 304 g/mol. The number of morpholine rings is 1. The molecule has 1 fully saturated rings. The van der Waals surface area contributed by atoms with E-state index in [0.717, 1.165) is 50.5 Å². The summed E-state index contributed by atoms with van der Waals surface area (Å²) in [7, 11) is 0. The average Bonchev–Trinajstić information content (AvgIpc) is 2.92. The molecule has 0 aliphatic carbocycles. The summed E-state index contributed by atoms with van der Waals surface area (Å²) in [5, 5.41) is 2.84. The summed E-state index contributed by atoms with van der Waals surface area (Å²) in [6, 6.07) is 8.30. The molecule has 1 amide bonds. The Morgan fingerprint density at radius 1 is 1.42 bits per heavy atom. The zero-order valence-corrected chi connectivity index (χ0v) is 14.5. The number of aryl methyl sites for hydroxylation is 1. The Balaban J connectivity index is 1.64. The van der Waals surface area contributed by atoms with Gasteiger partial charge in [0.25, 0.3) is 0 Å². The van der Waals surface area contributed by atoms with Crippen molar-refractivity contribution in [2.75, 3.05) is 26.2 Å². The molecular formula is C18H26N4O2. The number of hydrogen-bond acceptors (Lipinski definition) is 4. The second-order valence-corrected chi connectivity index (χ2v) is 6.26. The molecule has 1 aliphatic heterocycles. The van der Waals surface area contributed by atoms with Crippen molar-refractivity contribution in [2.24, 2.45) is 0 Å². The number of ether oxygens (including phenoxy) is 1. The highest BCUT2D eigenvalue weighted by Crippen LogP contribution is 2.18. The summed E-state index contributed by atoms with van der Waals surface area (Å²) in [4.78, 5) is 18.2. The molecule has 1 aromatic carbocycles. The topological polar surface area (TPSA) is 59.4 Å². The molecule has 1 atom stereocenters. The number of para-hydroxylation sites is 2. The first-order chi connectivity index (χ1) is 11.7. The van der Waals surface area contributed by atoms with Gasteiger partial charge in [0.05, 0.1) is 30.3 Å². The molecule has 130 valence electrons. The van der Waals surface area contributed by atoms with Crippen molar-refractivity contribution in [3.8, 4) is 0 Å². The van der Waals surface area contributed by atoms with E-state index in [1.165, 1.54) is 5.52 Å². The molecule has 1 saturated heterocycles. The van der Waals surface area contributed by atoms with E-state index in [-0.39, 0.29) is 12.0 Å². The number of amides is 1. The molecule has 2 aromatic rings. The number of benzene rings is 1. The van der Waals surface area contributed by atoms with Gasteiger partial charge >= 0.3 is 0 Å². The fourth-order valence-electron chi connectivity index (χ4n) is 3.31. The summed E-state index contributed by atoms with van der Waals surface area (Å²) < 4.78 is 8.11. The normalized spacial score (nSPS) is 18.8. The van der Waals surface area contributed by atoms with Gasteiger partial charge in [-0.15, -0.1) is 0 Å². The van der Waals surface area contributed by atoms with Gasteiger partial charge in [-0.25, -0.2) is 4.98 Å². The SMILES string of the molecule is CCn1c(CN2CCO[C@H](CCNC(C)=O)C2)nc2ccccc21. The number of aromatic nitrogens is 2. The van der Waals surface area contributed by atoms with Gasteiger partial charge < -0.3 is 14.6 Å². The average molecular weight is 330 g/mol. The number of nitrogens with one attached hydrogen (secondary N) is 1. The van der Waals surface area contributed by atoms with Crippen molar-refractivity contribution in [1.29, 1.82) is 0 Å². The summed E-state index contributed by atoms with van der Waals surface area (Å²) >= 11 is 0. The first-order valence-corrected chi connectivity index (χ1v) is 8.70.